The molecule has 0 saturated carbocycles. The molecule has 0 fully saturated rings. The summed E-state index contributed by atoms with van der Waals surface area (Å²) in [5.41, 5.74) is 9.97. The number of fused-ring (bicyclic) bond motifs is 1. The van der Waals surface area contributed by atoms with Crippen molar-refractivity contribution in [2.24, 2.45) is 5.73 Å². The largest absolute Gasteiger partial charge is 0.497 e. The molecule has 6 rings (SSSR count). The van der Waals surface area contributed by atoms with E-state index in [1.807, 2.05) is 108 Å². The smallest absolute Gasteiger partial charge is 0.257 e. The molecule has 0 bridgehead atoms. The lowest BCUT2D eigenvalue weighted by molar-refractivity contribution is -0.122. The van der Waals surface area contributed by atoms with Gasteiger partial charge in [-0.3, -0.25) is 9.69 Å². The summed E-state index contributed by atoms with van der Waals surface area (Å²) >= 11 is 0. The molecule has 0 unspecified atom stereocenters. The first-order chi connectivity index (χ1) is 18.6. The highest BCUT2D eigenvalue weighted by Gasteiger charge is 2.57. The number of nitrogens with zero attached hydrogens (tertiary/aromatic N) is 1. The Kier molecular flexibility index (Phi) is 5.82. The molecule has 186 valence electrons. The van der Waals surface area contributed by atoms with Gasteiger partial charge in [-0.05, 0) is 40.5 Å². The monoisotopic (exact) mass is 496 g/mol. The fraction of sp³-hybridized carbons (Fsp3) is 0.0882. The van der Waals surface area contributed by atoms with Crippen molar-refractivity contribution in [1.82, 2.24) is 0 Å². The molecule has 1 aliphatic rings. The van der Waals surface area contributed by atoms with Crippen molar-refractivity contribution in [1.29, 1.82) is 0 Å². The number of carbonyl (C=O) groups is 1. The highest BCUT2D eigenvalue weighted by atomic mass is 16.5. The van der Waals surface area contributed by atoms with Crippen LogP contribution in [0.1, 0.15) is 27.8 Å². The second kappa shape index (κ2) is 9.33. The van der Waals surface area contributed by atoms with Crippen LogP contribution in [0.2, 0.25) is 0 Å². The average Bonchev–Trinajstić information content (AvgIpc) is 3.23. The molecule has 5 aromatic carbocycles. The zero-order valence-corrected chi connectivity index (χ0v) is 21.1. The lowest BCUT2D eigenvalue weighted by Crippen LogP contribution is -2.56. The van der Waals surface area contributed by atoms with Gasteiger partial charge in [-0.15, -0.1) is 0 Å². The van der Waals surface area contributed by atoms with Crippen molar-refractivity contribution in [3.63, 3.8) is 0 Å². The summed E-state index contributed by atoms with van der Waals surface area (Å²) in [5, 5.41) is 0. The normalized spacial score (nSPS) is 16.8. The molecule has 0 aliphatic carbocycles. The molecule has 0 aromatic heterocycles. The van der Waals surface area contributed by atoms with Crippen molar-refractivity contribution in [3.05, 3.63) is 167 Å². The number of anilines is 1. The standard InChI is InChI=1S/C34H28N2O2/c1-38-29-21-13-20-28(24-29)33(35)30-22-11-12-23-31(30)36(32(33)37)34(25-14-5-2-6-15-25,26-16-7-3-8-17-26)27-18-9-4-10-19-27/h2-24H,35H2,1H3/t33-/m1/s1. The molecule has 0 saturated heterocycles. The third kappa shape index (κ3) is 3.38. The summed E-state index contributed by atoms with van der Waals surface area (Å²) in [6, 6.07) is 45.9. The fourth-order valence-electron chi connectivity index (χ4n) is 5.81. The molecule has 4 heteroatoms. The van der Waals surface area contributed by atoms with E-state index >= 15 is 4.79 Å². The Morgan fingerprint density at radius 2 is 1.16 bits per heavy atom. The minimum absolute atomic E-state index is 0.205. The Morgan fingerprint density at radius 1 is 0.658 bits per heavy atom. The maximum absolute atomic E-state index is 15.0. The Bertz CT molecular complexity index is 1490. The van der Waals surface area contributed by atoms with Gasteiger partial charge in [-0.2, -0.15) is 0 Å². The van der Waals surface area contributed by atoms with Gasteiger partial charge in [0, 0.05) is 5.56 Å². The first-order valence-electron chi connectivity index (χ1n) is 12.7. The number of benzene rings is 5. The van der Waals surface area contributed by atoms with Crippen LogP contribution in [0, 0.1) is 0 Å². The van der Waals surface area contributed by atoms with Crippen molar-refractivity contribution in [3.8, 4) is 5.75 Å². The molecule has 2 N–H and O–H groups in total. The van der Waals surface area contributed by atoms with E-state index in [1.54, 1.807) is 7.11 Å². The predicted octanol–water partition coefficient (Wildman–Crippen LogP) is 6.24. The number of rotatable bonds is 6. The summed E-state index contributed by atoms with van der Waals surface area (Å²) in [6.07, 6.45) is 0. The van der Waals surface area contributed by atoms with Crippen LogP contribution in [-0.2, 0) is 15.9 Å². The van der Waals surface area contributed by atoms with E-state index in [0.29, 0.717) is 11.3 Å². The van der Waals surface area contributed by atoms with Gasteiger partial charge in [-0.25, -0.2) is 0 Å². The van der Waals surface area contributed by atoms with Crippen LogP contribution in [0.15, 0.2) is 140 Å². The van der Waals surface area contributed by atoms with Crippen LogP contribution in [0.25, 0.3) is 0 Å². The van der Waals surface area contributed by atoms with Crippen molar-refractivity contribution in [2.75, 3.05) is 12.0 Å². The molecule has 5 aromatic rings. The zero-order valence-electron chi connectivity index (χ0n) is 21.1. The summed E-state index contributed by atoms with van der Waals surface area (Å²) in [7, 11) is 1.62. The molecule has 38 heavy (non-hydrogen) atoms. The number of methoxy groups -OCH3 is 1. The number of amides is 1. The van der Waals surface area contributed by atoms with Crippen LogP contribution in [0.4, 0.5) is 5.69 Å². The van der Waals surface area contributed by atoms with E-state index in [9.17, 15) is 0 Å². The zero-order chi connectivity index (χ0) is 26.2. The molecular formula is C34H28N2O2. The van der Waals surface area contributed by atoms with Gasteiger partial charge in [0.25, 0.3) is 5.91 Å². The summed E-state index contributed by atoms with van der Waals surface area (Å²) < 4.78 is 5.50. The number of ether oxygens (including phenoxy) is 1. The summed E-state index contributed by atoms with van der Waals surface area (Å²) in [6.45, 7) is 0. The van der Waals surface area contributed by atoms with Crippen LogP contribution < -0.4 is 15.4 Å². The molecule has 0 radical (unpaired) electrons. The van der Waals surface area contributed by atoms with Crippen LogP contribution >= 0.6 is 0 Å². The van der Waals surface area contributed by atoms with E-state index in [0.717, 1.165) is 27.9 Å². The maximum atomic E-state index is 15.0. The van der Waals surface area contributed by atoms with Gasteiger partial charge in [0.1, 0.15) is 16.8 Å². The molecule has 0 spiro atoms. The van der Waals surface area contributed by atoms with Crippen molar-refractivity contribution >= 4 is 11.6 Å². The minimum Gasteiger partial charge on any atom is -0.497 e. The Labute approximate surface area is 222 Å². The van der Waals surface area contributed by atoms with Crippen molar-refractivity contribution in [2.45, 2.75) is 11.1 Å². The highest BCUT2D eigenvalue weighted by Crippen LogP contribution is 2.53. The number of carbonyl (C=O) groups excluding carboxylic acids is 1. The Hall–Kier alpha value is -4.67. The first kappa shape index (κ1) is 23.7. The Balaban J connectivity index is 1.72. The number of hydrogen-bond donors (Lipinski definition) is 1. The number of nitrogens with two attached hydrogens (primary N) is 1. The molecule has 1 amide bonds. The molecule has 1 atom stereocenters. The molecule has 4 nitrogen and oxygen atoms in total. The lowest BCUT2D eigenvalue weighted by Gasteiger charge is -2.44. The third-order valence-corrected chi connectivity index (χ3v) is 7.55. The SMILES string of the molecule is COc1cccc([C@]2(N)C(=O)N(C(c3ccccc3)(c3ccccc3)c3ccccc3)c3ccccc32)c1. The second-order valence-electron chi connectivity index (χ2n) is 9.51. The quantitative estimate of drug-likeness (QED) is 0.283. The van der Waals surface area contributed by atoms with E-state index in [4.69, 9.17) is 10.5 Å². The number of para-hydroxylation sites is 1. The van der Waals surface area contributed by atoms with Crippen LogP contribution in [-0.4, -0.2) is 13.0 Å². The van der Waals surface area contributed by atoms with E-state index in [2.05, 4.69) is 36.4 Å². The molecule has 1 heterocycles. The average molecular weight is 497 g/mol. The third-order valence-electron chi connectivity index (χ3n) is 7.55. The van der Waals surface area contributed by atoms with Gasteiger partial charge >= 0.3 is 0 Å². The lowest BCUT2D eigenvalue weighted by atomic mass is 9.75. The highest BCUT2D eigenvalue weighted by molar-refractivity contribution is 6.12. The molecule has 1 aliphatic heterocycles. The van der Waals surface area contributed by atoms with Gasteiger partial charge in [-0.1, -0.05) is 121 Å². The summed E-state index contributed by atoms with van der Waals surface area (Å²) in [4.78, 5) is 16.9. The predicted molar refractivity (Wildman–Crippen MR) is 151 cm³/mol. The van der Waals surface area contributed by atoms with Crippen molar-refractivity contribution < 1.29 is 9.53 Å². The fourth-order valence-corrected chi connectivity index (χ4v) is 5.81. The van der Waals surface area contributed by atoms with E-state index < -0.39 is 11.1 Å². The second-order valence-corrected chi connectivity index (χ2v) is 9.51. The van der Waals surface area contributed by atoms with E-state index in [1.165, 1.54) is 0 Å². The minimum atomic E-state index is -1.41. The van der Waals surface area contributed by atoms with Crippen LogP contribution in [0.5, 0.6) is 5.75 Å². The van der Waals surface area contributed by atoms with Gasteiger partial charge in [0.15, 0.2) is 0 Å². The topological polar surface area (TPSA) is 55.6 Å². The maximum Gasteiger partial charge on any atom is 0.257 e. The first-order valence-corrected chi connectivity index (χ1v) is 12.7. The van der Waals surface area contributed by atoms with Crippen LogP contribution in [0.3, 0.4) is 0 Å². The Morgan fingerprint density at radius 3 is 1.68 bits per heavy atom. The summed E-state index contributed by atoms with van der Waals surface area (Å²) in [5.74, 6) is 0.444. The molecular weight excluding hydrogens is 468 g/mol. The van der Waals surface area contributed by atoms with Gasteiger partial charge in [0.2, 0.25) is 0 Å². The van der Waals surface area contributed by atoms with Gasteiger partial charge < -0.3 is 10.5 Å². The number of hydrogen-bond acceptors (Lipinski definition) is 3. The van der Waals surface area contributed by atoms with Gasteiger partial charge in [0.05, 0.1) is 12.8 Å². The van der Waals surface area contributed by atoms with E-state index in [-0.39, 0.29) is 5.91 Å².